The molecular formula is C19H27N3O4. The number of carbonyl (C=O) groups excluding carboxylic acids is 3. The Morgan fingerprint density at radius 3 is 2.35 bits per heavy atom. The molecule has 0 aliphatic carbocycles. The van der Waals surface area contributed by atoms with Gasteiger partial charge < -0.3 is 10.1 Å². The Morgan fingerprint density at radius 1 is 1.08 bits per heavy atom. The van der Waals surface area contributed by atoms with Crippen molar-refractivity contribution < 1.29 is 19.1 Å². The van der Waals surface area contributed by atoms with Gasteiger partial charge in [0.05, 0.1) is 12.5 Å². The molecule has 1 aromatic rings. The zero-order valence-electron chi connectivity index (χ0n) is 15.6. The van der Waals surface area contributed by atoms with Crippen LogP contribution < -0.4 is 10.7 Å². The highest BCUT2D eigenvalue weighted by molar-refractivity contribution is 6.01. The van der Waals surface area contributed by atoms with Crippen LogP contribution in [0.2, 0.25) is 0 Å². The third-order valence-electron chi connectivity index (χ3n) is 3.75. The van der Waals surface area contributed by atoms with Crippen LogP contribution in [0.15, 0.2) is 35.4 Å². The fraction of sp³-hybridized carbons (Fsp3) is 0.474. The molecule has 1 unspecified atom stereocenters. The normalized spacial score (nSPS) is 12.2. The summed E-state index contributed by atoms with van der Waals surface area (Å²) in [6, 6.07) is 9.53. The van der Waals surface area contributed by atoms with Crippen LogP contribution in [0.5, 0.6) is 0 Å². The molecule has 0 radical (unpaired) electrons. The topological polar surface area (TPSA) is 96.9 Å². The predicted octanol–water partition coefficient (Wildman–Crippen LogP) is 2.16. The van der Waals surface area contributed by atoms with Crippen LogP contribution in [-0.4, -0.2) is 30.1 Å². The molecule has 0 spiro atoms. The first-order valence-electron chi connectivity index (χ1n) is 8.78. The highest BCUT2D eigenvalue weighted by Crippen LogP contribution is 2.08. The molecule has 1 atom stereocenters. The zero-order valence-corrected chi connectivity index (χ0v) is 15.6. The Morgan fingerprint density at radius 2 is 1.73 bits per heavy atom. The highest BCUT2D eigenvalue weighted by Gasteiger charge is 2.21. The fourth-order valence-corrected chi connectivity index (χ4v) is 2.27. The quantitative estimate of drug-likeness (QED) is 0.379. The molecule has 26 heavy (non-hydrogen) atoms. The van der Waals surface area contributed by atoms with Gasteiger partial charge in [-0.05, 0) is 25.8 Å². The van der Waals surface area contributed by atoms with Crippen LogP contribution in [0.4, 0.5) is 0 Å². The summed E-state index contributed by atoms with van der Waals surface area (Å²) in [5.41, 5.74) is 3.86. The van der Waals surface area contributed by atoms with Gasteiger partial charge in [-0.1, -0.05) is 37.3 Å². The van der Waals surface area contributed by atoms with Crippen molar-refractivity contribution >= 4 is 23.5 Å². The third-order valence-corrected chi connectivity index (χ3v) is 3.75. The van der Waals surface area contributed by atoms with Crippen LogP contribution in [-0.2, 0) is 25.7 Å². The van der Waals surface area contributed by atoms with E-state index < -0.39 is 5.92 Å². The molecule has 1 rings (SSSR count). The minimum absolute atomic E-state index is 0.0214. The van der Waals surface area contributed by atoms with E-state index in [2.05, 4.69) is 15.8 Å². The van der Waals surface area contributed by atoms with Gasteiger partial charge in [-0.3, -0.25) is 14.4 Å². The van der Waals surface area contributed by atoms with Crippen molar-refractivity contribution in [2.24, 2.45) is 11.0 Å². The summed E-state index contributed by atoms with van der Waals surface area (Å²) in [7, 11) is 0. The smallest absolute Gasteiger partial charge is 0.314 e. The first-order chi connectivity index (χ1) is 12.5. The molecule has 0 fully saturated rings. The molecule has 0 heterocycles. The van der Waals surface area contributed by atoms with E-state index >= 15 is 0 Å². The fourth-order valence-electron chi connectivity index (χ4n) is 2.27. The summed E-state index contributed by atoms with van der Waals surface area (Å²) < 4.78 is 4.98. The molecule has 0 bridgehead atoms. The molecular weight excluding hydrogens is 334 g/mol. The van der Waals surface area contributed by atoms with Crippen LogP contribution in [0.1, 0.15) is 45.6 Å². The summed E-state index contributed by atoms with van der Waals surface area (Å²) in [6.07, 6.45) is 0.627. The summed E-state index contributed by atoms with van der Waals surface area (Å²) >= 11 is 0. The van der Waals surface area contributed by atoms with Crippen molar-refractivity contribution in [3.05, 3.63) is 35.9 Å². The number of benzene rings is 1. The summed E-state index contributed by atoms with van der Waals surface area (Å²) in [6.45, 7) is 5.97. The van der Waals surface area contributed by atoms with E-state index in [4.69, 9.17) is 4.74 Å². The second-order valence-electron chi connectivity index (χ2n) is 5.76. The van der Waals surface area contributed by atoms with Gasteiger partial charge in [0, 0.05) is 25.1 Å². The Labute approximate surface area is 154 Å². The molecule has 0 aliphatic heterocycles. The second-order valence-corrected chi connectivity index (χ2v) is 5.76. The monoisotopic (exact) mass is 361 g/mol. The lowest BCUT2D eigenvalue weighted by Gasteiger charge is -2.13. The Bertz CT molecular complexity index is 629. The molecule has 0 saturated carbocycles. The average molecular weight is 361 g/mol. The van der Waals surface area contributed by atoms with Crippen LogP contribution in [0.25, 0.3) is 0 Å². The maximum Gasteiger partial charge on any atom is 0.314 e. The van der Waals surface area contributed by atoms with Crippen molar-refractivity contribution in [3.63, 3.8) is 0 Å². The number of hydrogen-bond donors (Lipinski definition) is 2. The molecule has 2 N–H and O–H groups in total. The lowest BCUT2D eigenvalue weighted by molar-refractivity contribution is -0.145. The molecule has 7 nitrogen and oxygen atoms in total. The number of amides is 2. The van der Waals surface area contributed by atoms with Crippen molar-refractivity contribution in [1.82, 2.24) is 10.7 Å². The Kier molecular flexibility index (Phi) is 9.67. The highest BCUT2D eigenvalue weighted by atomic mass is 16.5. The zero-order chi connectivity index (χ0) is 19.4. The summed E-state index contributed by atoms with van der Waals surface area (Å²) in [5.74, 6) is -1.42. The van der Waals surface area contributed by atoms with Gasteiger partial charge in [0.2, 0.25) is 11.8 Å². The number of esters is 1. The molecule has 7 heteroatoms. The first kappa shape index (κ1) is 21.3. The number of hydrazone groups is 1. The number of nitrogens with one attached hydrogen (secondary N) is 2. The predicted molar refractivity (Wildman–Crippen MR) is 99.2 cm³/mol. The van der Waals surface area contributed by atoms with Gasteiger partial charge >= 0.3 is 5.97 Å². The van der Waals surface area contributed by atoms with Gasteiger partial charge in [0.25, 0.3) is 0 Å². The van der Waals surface area contributed by atoms with Crippen molar-refractivity contribution in [2.45, 2.75) is 46.6 Å². The minimum atomic E-state index is -0.482. The Balaban J connectivity index is 2.36. The van der Waals surface area contributed by atoms with Crippen molar-refractivity contribution in [3.8, 4) is 0 Å². The van der Waals surface area contributed by atoms with Gasteiger partial charge in [0.1, 0.15) is 0 Å². The van der Waals surface area contributed by atoms with E-state index in [1.165, 1.54) is 0 Å². The second kappa shape index (κ2) is 11.8. The molecule has 142 valence electrons. The van der Waals surface area contributed by atoms with Crippen molar-refractivity contribution in [2.75, 3.05) is 6.61 Å². The SMILES string of the molecule is CCOC(=O)C(CC)C(C)=NNC(=O)CCC(=O)NCc1ccccc1. The van der Waals surface area contributed by atoms with Crippen molar-refractivity contribution in [1.29, 1.82) is 0 Å². The van der Waals surface area contributed by atoms with E-state index in [-0.39, 0.29) is 30.6 Å². The van der Waals surface area contributed by atoms with E-state index in [1.54, 1.807) is 13.8 Å². The van der Waals surface area contributed by atoms with Gasteiger partial charge in [-0.2, -0.15) is 5.10 Å². The Hall–Kier alpha value is -2.70. The summed E-state index contributed by atoms with van der Waals surface area (Å²) in [4.78, 5) is 35.4. The van der Waals surface area contributed by atoms with Crippen LogP contribution in [0, 0.1) is 5.92 Å². The third kappa shape index (κ3) is 7.92. The van der Waals surface area contributed by atoms with Gasteiger partial charge in [0.15, 0.2) is 0 Å². The number of carbonyl (C=O) groups is 3. The molecule has 0 aliphatic rings. The van der Waals surface area contributed by atoms with Gasteiger partial charge in [-0.25, -0.2) is 5.43 Å². The van der Waals surface area contributed by atoms with Gasteiger partial charge in [-0.15, -0.1) is 0 Å². The number of rotatable bonds is 10. The standard InChI is InChI=1S/C19H27N3O4/c1-4-16(19(25)26-5-2)14(3)21-22-18(24)12-11-17(23)20-13-15-9-7-6-8-10-15/h6-10,16H,4-5,11-13H2,1-3H3,(H,20,23)(H,22,24). The molecule has 1 aromatic carbocycles. The lowest BCUT2D eigenvalue weighted by Crippen LogP contribution is -2.28. The lowest BCUT2D eigenvalue weighted by atomic mass is 10.0. The molecule has 0 saturated heterocycles. The average Bonchev–Trinajstić information content (AvgIpc) is 2.64. The molecule has 2 amide bonds. The maximum absolute atomic E-state index is 11.8. The van der Waals surface area contributed by atoms with E-state index in [0.717, 1.165) is 5.56 Å². The number of nitrogens with zero attached hydrogens (tertiary/aromatic N) is 1. The number of ether oxygens (including phenoxy) is 1. The van der Waals surface area contributed by atoms with E-state index in [9.17, 15) is 14.4 Å². The first-order valence-corrected chi connectivity index (χ1v) is 8.78. The summed E-state index contributed by atoms with van der Waals surface area (Å²) in [5, 5.41) is 6.71. The van der Waals surface area contributed by atoms with E-state index in [0.29, 0.717) is 25.3 Å². The maximum atomic E-state index is 11.8. The van der Waals surface area contributed by atoms with Crippen LogP contribution in [0.3, 0.4) is 0 Å². The largest absolute Gasteiger partial charge is 0.465 e. The van der Waals surface area contributed by atoms with E-state index in [1.807, 2.05) is 37.3 Å². The molecule has 0 aromatic heterocycles. The van der Waals surface area contributed by atoms with Crippen LogP contribution >= 0.6 is 0 Å². The minimum Gasteiger partial charge on any atom is -0.465 e. The number of hydrogen-bond acceptors (Lipinski definition) is 5.